The Bertz CT molecular complexity index is 602. The van der Waals surface area contributed by atoms with E-state index in [0.29, 0.717) is 25.1 Å². The van der Waals surface area contributed by atoms with E-state index >= 15 is 0 Å². The summed E-state index contributed by atoms with van der Waals surface area (Å²) in [6, 6.07) is 5.74. The Morgan fingerprint density at radius 3 is 2.91 bits per heavy atom. The number of fused-ring (bicyclic) bond motifs is 1. The number of rotatable bonds is 1. The molecule has 0 saturated carbocycles. The van der Waals surface area contributed by atoms with Crippen LogP contribution in [0.3, 0.4) is 0 Å². The molecule has 1 saturated heterocycles. The molecule has 2 amide bonds. The lowest BCUT2D eigenvalue weighted by Gasteiger charge is -2.34. The first-order chi connectivity index (χ1) is 10.6. The average Bonchev–Trinajstić information content (AvgIpc) is 2.65. The van der Waals surface area contributed by atoms with Gasteiger partial charge in [-0.25, -0.2) is 0 Å². The second-order valence-corrected chi connectivity index (χ2v) is 6.00. The van der Waals surface area contributed by atoms with Crippen molar-refractivity contribution in [1.29, 1.82) is 0 Å². The molecule has 0 bridgehead atoms. The summed E-state index contributed by atoms with van der Waals surface area (Å²) >= 11 is 0. The van der Waals surface area contributed by atoms with E-state index in [9.17, 15) is 9.59 Å². The lowest BCUT2D eigenvalue weighted by atomic mass is 10.1. The fraction of sp³-hybridized carbons (Fsp3) is 0.500. The van der Waals surface area contributed by atoms with Crippen molar-refractivity contribution in [2.75, 3.05) is 43.4 Å². The third kappa shape index (κ3) is 2.78. The summed E-state index contributed by atoms with van der Waals surface area (Å²) in [5.74, 6) is 0.0173. The van der Waals surface area contributed by atoms with Gasteiger partial charge in [0.1, 0.15) is 0 Å². The van der Waals surface area contributed by atoms with Crippen LogP contribution in [0.25, 0.3) is 0 Å². The van der Waals surface area contributed by atoms with Crippen molar-refractivity contribution in [1.82, 2.24) is 10.2 Å². The molecule has 3 rings (SSSR count). The molecule has 1 unspecified atom stereocenters. The van der Waals surface area contributed by atoms with Gasteiger partial charge in [0.2, 0.25) is 5.91 Å². The molecule has 0 radical (unpaired) electrons. The number of nitrogens with zero attached hydrogens (tertiary/aromatic N) is 2. The summed E-state index contributed by atoms with van der Waals surface area (Å²) < 4.78 is 0. The van der Waals surface area contributed by atoms with Gasteiger partial charge in [-0.1, -0.05) is 0 Å². The molecular formula is C16H22N4O2. The first-order valence-electron chi connectivity index (χ1n) is 7.73. The van der Waals surface area contributed by atoms with E-state index in [0.717, 1.165) is 24.5 Å². The maximum absolute atomic E-state index is 12.7. The number of hydrogen-bond acceptors (Lipinski definition) is 4. The SMILES string of the molecule is CC1CNCCN1C(=O)c1ccc2c(c1)NC(=O)CCN2C. The standard InChI is InChI=1S/C16H22N4O2/c1-11-10-17-6-8-20(11)16(22)12-3-4-14-13(9-12)18-15(21)5-7-19(14)2/h3-4,9,11,17H,5-8,10H2,1-2H3,(H,18,21). The number of benzene rings is 1. The highest BCUT2D eigenvalue weighted by molar-refractivity contribution is 6.01. The number of anilines is 2. The van der Waals surface area contributed by atoms with Gasteiger partial charge in [0.15, 0.2) is 0 Å². The average molecular weight is 302 g/mol. The van der Waals surface area contributed by atoms with E-state index in [1.165, 1.54) is 0 Å². The Kier molecular flexibility index (Phi) is 4.02. The molecule has 0 aliphatic carbocycles. The van der Waals surface area contributed by atoms with Crippen LogP contribution in [0.5, 0.6) is 0 Å². The van der Waals surface area contributed by atoms with Crippen LogP contribution >= 0.6 is 0 Å². The van der Waals surface area contributed by atoms with Gasteiger partial charge in [0.25, 0.3) is 5.91 Å². The highest BCUT2D eigenvalue weighted by Gasteiger charge is 2.25. The largest absolute Gasteiger partial charge is 0.372 e. The summed E-state index contributed by atoms with van der Waals surface area (Å²) in [4.78, 5) is 28.4. The maximum Gasteiger partial charge on any atom is 0.254 e. The first kappa shape index (κ1) is 14.8. The number of carbonyl (C=O) groups is 2. The van der Waals surface area contributed by atoms with Crippen LogP contribution in [-0.2, 0) is 4.79 Å². The summed E-state index contributed by atoms with van der Waals surface area (Å²) in [5, 5.41) is 6.18. The Morgan fingerprint density at radius 2 is 2.14 bits per heavy atom. The fourth-order valence-corrected chi connectivity index (χ4v) is 3.01. The topological polar surface area (TPSA) is 64.7 Å². The van der Waals surface area contributed by atoms with Crippen molar-refractivity contribution in [3.05, 3.63) is 23.8 Å². The van der Waals surface area contributed by atoms with E-state index in [2.05, 4.69) is 10.6 Å². The van der Waals surface area contributed by atoms with Gasteiger partial charge in [-0.15, -0.1) is 0 Å². The fourth-order valence-electron chi connectivity index (χ4n) is 3.01. The van der Waals surface area contributed by atoms with Crippen LogP contribution in [0.15, 0.2) is 18.2 Å². The molecule has 2 aliphatic rings. The van der Waals surface area contributed by atoms with Gasteiger partial charge >= 0.3 is 0 Å². The van der Waals surface area contributed by atoms with Gasteiger partial charge in [-0.2, -0.15) is 0 Å². The van der Waals surface area contributed by atoms with Crippen LogP contribution in [0, 0.1) is 0 Å². The van der Waals surface area contributed by atoms with Crippen molar-refractivity contribution in [2.24, 2.45) is 0 Å². The van der Waals surface area contributed by atoms with Gasteiger partial charge in [-0.3, -0.25) is 9.59 Å². The summed E-state index contributed by atoms with van der Waals surface area (Å²) in [6.07, 6.45) is 0.462. The first-order valence-corrected chi connectivity index (χ1v) is 7.73. The zero-order chi connectivity index (χ0) is 15.7. The Labute approximate surface area is 130 Å². The number of amides is 2. The van der Waals surface area contributed by atoms with Crippen LogP contribution in [0.2, 0.25) is 0 Å². The van der Waals surface area contributed by atoms with Gasteiger partial charge in [0.05, 0.1) is 11.4 Å². The van der Waals surface area contributed by atoms with Crippen LogP contribution < -0.4 is 15.5 Å². The molecule has 1 aromatic carbocycles. The normalized spacial score (nSPS) is 21.9. The van der Waals surface area contributed by atoms with E-state index < -0.39 is 0 Å². The Morgan fingerprint density at radius 1 is 1.32 bits per heavy atom. The van der Waals surface area contributed by atoms with Gasteiger partial charge in [0, 0.05) is 51.3 Å². The number of piperazine rings is 1. The maximum atomic E-state index is 12.7. The van der Waals surface area contributed by atoms with E-state index in [1.54, 1.807) is 6.07 Å². The molecule has 1 aromatic rings. The van der Waals surface area contributed by atoms with E-state index in [1.807, 2.05) is 35.9 Å². The molecule has 2 aliphatic heterocycles. The molecule has 0 aromatic heterocycles. The summed E-state index contributed by atoms with van der Waals surface area (Å²) in [7, 11) is 1.96. The van der Waals surface area contributed by atoms with Crippen LogP contribution in [0.1, 0.15) is 23.7 Å². The summed E-state index contributed by atoms with van der Waals surface area (Å²) in [6.45, 7) is 5.07. The van der Waals surface area contributed by atoms with Crippen molar-refractivity contribution in [3.63, 3.8) is 0 Å². The molecule has 0 spiro atoms. The van der Waals surface area contributed by atoms with Crippen molar-refractivity contribution < 1.29 is 9.59 Å². The van der Waals surface area contributed by atoms with E-state index in [4.69, 9.17) is 0 Å². The quantitative estimate of drug-likeness (QED) is 0.809. The van der Waals surface area contributed by atoms with Crippen molar-refractivity contribution in [3.8, 4) is 0 Å². The van der Waals surface area contributed by atoms with Crippen LogP contribution in [0.4, 0.5) is 11.4 Å². The predicted octanol–water partition coefficient (Wildman–Crippen LogP) is 0.899. The second kappa shape index (κ2) is 5.96. The highest BCUT2D eigenvalue weighted by atomic mass is 16.2. The lowest BCUT2D eigenvalue weighted by molar-refractivity contribution is -0.115. The molecule has 118 valence electrons. The molecule has 22 heavy (non-hydrogen) atoms. The Hall–Kier alpha value is -2.08. The molecule has 6 heteroatoms. The molecule has 6 nitrogen and oxygen atoms in total. The highest BCUT2D eigenvalue weighted by Crippen LogP contribution is 2.29. The zero-order valence-electron chi connectivity index (χ0n) is 13.1. The van der Waals surface area contributed by atoms with Crippen molar-refractivity contribution >= 4 is 23.2 Å². The lowest BCUT2D eigenvalue weighted by Crippen LogP contribution is -2.52. The monoisotopic (exact) mass is 302 g/mol. The minimum absolute atomic E-state index is 0.00857. The van der Waals surface area contributed by atoms with E-state index in [-0.39, 0.29) is 17.9 Å². The minimum atomic E-state index is -0.00857. The number of hydrogen-bond donors (Lipinski definition) is 2. The molecule has 2 heterocycles. The van der Waals surface area contributed by atoms with Crippen molar-refractivity contribution in [2.45, 2.75) is 19.4 Å². The molecule has 1 fully saturated rings. The van der Waals surface area contributed by atoms with Crippen LogP contribution in [-0.4, -0.2) is 56.0 Å². The number of carbonyl (C=O) groups excluding carboxylic acids is 2. The minimum Gasteiger partial charge on any atom is -0.372 e. The Balaban J connectivity index is 1.89. The molecule has 1 atom stereocenters. The molecule has 2 N–H and O–H groups in total. The second-order valence-electron chi connectivity index (χ2n) is 6.00. The smallest absolute Gasteiger partial charge is 0.254 e. The van der Waals surface area contributed by atoms with Gasteiger partial charge < -0.3 is 20.4 Å². The van der Waals surface area contributed by atoms with Gasteiger partial charge in [-0.05, 0) is 25.1 Å². The summed E-state index contributed by atoms with van der Waals surface area (Å²) in [5.41, 5.74) is 2.30. The zero-order valence-corrected chi connectivity index (χ0v) is 13.1. The molecular weight excluding hydrogens is 280 g/mol. The third-order valence-electron chi connectivity index (χ3n) is 4.37. The predicted molar refractivity (Wildman–Crippen MR) is 86.3 cm³/mol. The number of nitrogens with one attached hydrogen (secondary N) is 2. The third-order valence-corrected chi connectivity index (χ3v) is 4.37.